The molecule has 2 aromatic heterocycles. The molecule has 0 fully saturated rings. The van der Waals surface area contributed by atoms with Crippen molar-refractivity contribution < 1.29 is 4.52 Å². The predicted molar refractivity (Wildman–Crippen MR) is 63.1 cm³/mol. The molecule has 0 aliphatic heterocycles. The number of aromatic nitrogens is 3. The lowest BCUT2D eigenvalue weighted by molar-refractivity contribution is 0.391. The van der Waals surface area contributed by atoms with Gasteiger partial charge in [-0.3, -0.25) is 4.68 Å². The van der Waals surface area contributed by atoms with Gasteiger partial charge in [-0.05, 0) is 13.8 Å². The number of rotatable bonds is 2. The first kappa shape index (κ1) is 12.3. The molecule has 0 aliphatic carbocycles. The molecule has 2 N–H and O–H groups in total. The maximum Gasteiger partial charge on any atom is 0.138 e. The summed E-state index contributed by atoms with van der Waals surface area (Å²) in [5.74, 6) is 0.830. The predicted octanol–water partition coefficient (Wildman–Crippen LogP) is 2.14. The highest BCUT2D eigenvalue weighted by Gasteiger charge is 2.09. The van der Waals surface area contributed by atoms with Gasteiger partial charge < -0.3 is 10.3 Å². The maximum atomic E-state index is 5.56. The van der Waals surface area contributed by atoms with Crippen molar-refractivity contribution in [2.24, 2.45) is 0 Å². The van der Waals surface area contributed by atoms with E-state index in [1.54, 1.807) is 17.1 Å². The van der Waals surface area contributed by atoms with E-state index >= 15 is 0 Å². The van der Waals surface area contributed by atoms with Crippen LogP contribution in [0.4, 0.5) is 5.69 Å². The van der Waals surface area contributed by atoms with E-state index in [1.165, 1.54) is 0 Å². The van der Waals surface area contributed by atoms with Crippen LogP contribution in [0.2, 0.25) is 0 Å². The largest absolute Gasteiger partial charge is 0.396 e. The Morgan fingerprint density at radius 3 is 2.50 bits per heavy atom. The van der Waals surface area contributed by atoms with Gasteiger partial charge >= 0.3 is 0 Å². The molecule has 5 heteroatoms. The Morgan fingerprint density at radius 1 is 1.38 bits per heavy atom. The van der Waals surface area contributed by atoms with Gasteiger partial charge in [-0.15, -0.1) is 0 Å². The van der Waals surface area contributed by atoms with E-state index in [-0.39, 0.29) is 0 Å². The summed E-state index contributed by atoms with van der Waals surface area (Å²) < 4.78 is 6.82. The molecular weight excluding hydrogens is 204 g/mol. The van der Waals surface area contributed by atoms with Gasteiger partial charge in [0.15, 0.2) is 0 Å². The van der Waals surface area contributed by atoms with E-state index in [9.17, 15) is 0 Å². The molecule has 88 valence electrons. The number of nitrogens with two attached hydrogens (primary N) is 1. The summed E-state index contributed by atoms with van der Waals surface area (Å²) in [5.41, 5.74) is 8.19. The van der Waals surface area contributed by atoms with Crippen molar-refractivity contribution >= 4 is 5.69 Å². The number of hydrogen-bond donors (Lipinski definition) is 1. The summed E-state index contributed by atoms with van der Waals surface area (Å²) in [6.45, 7) is 8.46. The van der Waals surface area contributed by atoms with Crippen LogP contribution in [-0.4, -0.2) is 14.9 Å². The smallest absolute Gasteiger partial charge is 0.138 e. The third-order valence-electron chi connectivity index (χ3n) is 2.15. The monoisotopic (exact) mass is 222 g/mol. The summed E-state index contributed by atoms with van der Waals surface area (Å²) in [5, 5.41) is 7.97. The molecule has 0 aromatic carbocycles. The normalized spacial score (nSPS) is 9.75. The van der Waals surface area contributed by atoms with Crippen LogP contribution in [0, 0.1) is 13.8 Å². The van der Waals surface area contributed by atoms with Gasteiger partial charge in [0.1, 0.15) is 5.76 Å². The van der Waals surface area contributed by atoms with Crippen LogP contribution in [0.5, 0.6) is 0 Å². The minimum absolute atomic E-state index is 0.651. The Bertz CT molecular complexity index is 425. The Kier molecular flexibility index (Phi) is 4.10. The molecule has 5 nitrogen and oxygen atoms in total. The number of aryl methyl sites for hydroxylation is 2. The average Bonchev–Trinajstić information content (AvgIpc) is 2.82. The summed E-state index contributed by atoms with van der Waals surface area (Å²) in [6.07, 6.45) is 3.41. The molecule has 0 bridgehead atoms. The van der Waals surface area contributed by atoms with E-state index in [0.29, 0.717) is 12.2 Å². The van der Waals surface area contributed by atoms with Crippen molar-refractivity contribution in [1.29, 1.82) is 0 Å². The van der Waals surface area contributed by atoms with Crippen molar-refractivity contribution in [1.82, 2.24) is 14.9 Å². The Balaban J connectivity index is 0.000000606. The van der Waals surface area contributed by atoms with Gasteiger partial charge in [0.05, 0.1) is 24.1 Å². The Labute approximate surface area is 95.2 Å². The van der Waals surface area contributed by atoms with Crippen LogP contribution in [0.15, 0.2) is 16.9 Å². The zero-order valence-corrected chi connectivity index (χ0v) is 10.2. The zero-order chi connectivity index (χ0) is 12.1. The van der Waals surface area contributed by atoms with E-state index in [0.717, 1.165) is 17.0 Å². The molecule has 0 saturated carbocycles. The molecule has 0 amide bonds. The molecule has 16 heavy (non-hydrogen) atoms. The Morgan fingerprint density at radius 2 is 2.06 bits per heavy atom. The van der Waals surface area contributed by atoms with Gasteiger partial charge in [-0.25, -0.2) is 0 Å². The molecule has 0 radical (unpaired) electrons. The molecule has 2 rings (SSSR count). The van der Waals surface area contributed by atoms with Crippen molar-refractivity contribution in [2.75, 3.05) is 5.73 Å². The van der Waals surface area contributed by atoms with E-state index in [4.69, 9.17) is 10.3 Å². The first-order valence-electron chi connectivity index (χ1n) is 5.36. The van der Waals surface area contributed by atoms with Gasteiger partial charge in [0.25, 0.3) is 0 Å². The summed E-state index contributed by atoms with van der Waals surface area (Å²) in [4.78, 5) is 0. The highest BCUT2D eigenvalue weighted by Crippen LogP contribution is 2.13. The van der Waals surface area contributed by atoms with Gasteiger partial charge in [0.2, 0.25) is 0 Å². The third-order valence-corrected chi connectivity index (χ3v) is 2.15. The molecular formula is C11H18N4O. The standard InChI is InChI=1S/C9H12N4O.C2H6/c1-6-9(7(2)14-12-6)5-13-4-8(10)3-11-13;1-2/h3-4H,5,10H2,1-2H3;1-2H3. The Hall–Kier alpha value is -1.78. The van der Waals surface area contributed by atoms with Crippen LogP contribution < -0.4 is 5.73 Å². The second-order valence-electron chi connectivity index (χ2n) is 3.27. The fourth-order valence-electron chi connectivity index (χ4n) is 1.36. The lowest BCUT2D eigenvalue weighted by atomic mass is 10.2. The second-order valence-corrected chi connectivity index (χ2v) is 3.27. The zero-order valence-electron chi connectivity index (χ0n) is 10.2. The fraction of sp³-hybridized carbons (Fsp3) is 0.455. The average molecular weight is 222 g/mol. The number of anilines is 1. The van der Waals surface area contributed by atoms with E-state index < -0.39 is 0 Å². The van der Waals surface area contributed by atoms with Crippen LogP contribution in [0.25, 0.3) is 0 Å². The highest BCUT2D eigenvalue weighted by molar-refractivity contribution is 5.31. The molecule has 0 atom stereocenters. The molecule has 0 spiro atoms. The van der Waals surface area contributed by atoms with Crippen LogP contribution >= 0.6 is 0 Å². The van der Waals surface area contributed by atoms with Crippen LogP contribution in [-0.2, 0) is 6.54 Å². The van der Waals surface area contributed by atoms with E-state index in [2.05, 4.69) is 10.3 Å². The SMILES string of the molecule is CC.Cc1noc(C)c1Cn1cc(N)cn1. The summed E-state index contributed by atoms with van der Waals surface area (Å²) in [7, 11) is 0. The van der Waals surface area contributed by atoms with Crippen molar-refractivity contribution in [3.8, 4) is 0 Å². The number of nitrogens with zero attached hydrogens (tertiary/aromatic N) is 3. The minimum Gasteiger partial charge on any atom is -0.396 e. The molecule has 0 aliphatic rings. The second kappa shape index (κ2) is 5.34. The van der Waals surface area contributed by atoms with Crippen molar-refractivity contribution in [3.05, 3.63) is 29.4 Å². The first-order valence-corrected chi connectivity index (χ1v) is 5.36. The molecule has 0 saturated heterocycles. The lowest BCUT2D eigenvalue weighted by Gasteiger charge is -1.99. The third kappa shape index (κ3) is 2.62. The van der Waals surface area contributed by atoms with Gasteiger partial charge in [-0.1, -0.05) is 19.0 Å². The molecule has 2 heterocycles. The fourth-order valence-corrected chi connectivity index (χ4v) is 1.36. The summed E-state index contributed by atoms with van der Waals surface area (Å²) >= 11 is 0. The van der Waals surface area contributed by atoms with Crippen LogP contribution in [0.3, 0.4) is 0 Å². The van der Waals surface area contributed by atoms with Crippen LogP contribution in [0.1, 0.15) is 30.9 Å². The summed E-state index contributed by atoms with van der Waals surface area (Å²) in [6, 6.07) is 0. The van der Waals surface area contributed by atoms with Gasteiger partial charge in [0, 0.05) is 11.8 Å². The minimum atomic E-state index is 0.651. The van der Waals surface area contributed by atoms with Crippen molar-refractivity contribution in [2.45, 2.75) is 34.2 Å². The van der Waals surface area contributed by atoms with Crippen molar-refractivity contribution in [3.63, 3.8) is 0 Å². The number of hydrogen-bond acceptors (Lipinski definition) is 4. The highest BCUT2D eigenvalue weighted by atomic mass is 16.5. The lowest BCUT2D eigenvalue weighted by Crippen LogP contribution is -2.01. The maximum absolute atomic E-state index is 5.56. The number of nitrogen functional groups attached to an aromatic ring is 1. The quantitative estimate of drug-likeness (QED) is 0.845. The van der Waals surface area contributed by atoms with Gasteiger partial charge in [-0.2, -0.15) is 5.10 Å². The molecule has 0 unspecified atom stereocenters. The first-order chi connectivity index (χ1) is 7.66. The topological polar surface area (TPSA) is 69.9 Å². The molecule has 2 aromatic rings. The van der Waals surface area contributed by atoms with E-state index in [1.807, 2.05) is 27.7 Å².